The van der Waals surface area contributed by atoms with E-state index < -0.39 is 0 Å². The molecule has 0 saturated carbocycles. The van der Waals surface area contributed by atoms with Crippen LogP contribution in [0.15, 0.2) is 46.9 Å². The summed E-state index contributed by atoms with van der Waals surface area (Å²) in [6, 6.07) is 14.8. The Morgan fingerprint density at radius 1 is 1.20 bits per heavy atom. The maximum atomic E-state index is 5.33. The molecule has 20 heavy (non-hydrogen) atoms. The van der Waals surface area contributed by atoms with Crippen LogP contribution in [0, 0.1) is 6.92 Å². The smallest absolute Gasteiger partial charge is 0.119 e. The fourth-order valence-corrected chi connectivity index (χ4v) is 2.79. The molecule has 0 aliphatic rings. The lowest BCUT2D eigenvalue weighted by Gasteiger charge is -2.21. The Bertz CT molecular complexity index is 583. The van der Waals surface area contributed by atoms with Crippen molar-refractivity contribution in [1.82, 2.24) is 5.32 Å². The molecule has 1 unspecified atom stereocenters. The molecule has 2 aromatic rings. The van der Waals surface area contributed by atoms with E-state index in [0.29, 0.717) is 0 Å². The van der Waals surface area contributed by atoms with E-state index in [1.54, 1.807) is 7.11 Å². The topological polar surface area (TPSA) is 21.3 Å². The van der Waals surface area contributed by atoms with Gasteiger partial charge in [0.05, 0.1) is 13.2 Å². The summed E-state index contributed by atoms with van der Waals surface area (Å²) in [4.78, 5) is 0. The highest BCUT2D eigenvalue weighted by atomic mass is 79.9. The van der Waals surface area contributed by atoms with Crippen molar-refractivity contribution >= 4 is 15.9 Å². The van der Waals surface area contributed by atoms with Crippen molar-refractivity contribution in [3.63, 3.8) is 0 Å². The van der Waals surface area contributed by atoms with E-state index >= 15 is 0 Å². The van der Waals surface area contributed by atoms with Crippen LogP contribution >= 0.6 is 15.9 Å². The molecule has 0 spiro atoms. The van der Waals surface area contributed by atoms with Gasteiger partial charge in [0.2, 0.25) is 0 Å². The summed E-state index contributed by atoms with van der Waals surface area (Å²) < 4.78 is 6.46. The molecule has 0 aliphatic heterocycles. The Hall–Kier alpha value is -1.32. The predicted octanol–water partition coefficient (Wildman–Crippen LogP) is 4.47. The van der Waals surface area contributed by atoms with Crippen LogP contribution in [0.2, 0.25) is 0 Å². The largest absolute Gasteiger partial charge is 0.497 e. The Kier molecular flexibility index (Phi) is 5.21. The van der Waals surface area contributed by atoms with Crippen molar-refractivity contribution in [1.29, 1.82) is 0 Å². The average Bonchev–Trinajstić information content (AvgIpc) is 2.47. The van der Waals surface area contributed by atoms with Gasteiger partial charge in [0.15, 0.2) is 0 Å². The number of nitrogens with one attached hydrogen (secondary N) is 1. The quantitative estimate of drug-likeness (QED) is 0.871. The van der Waals surface area contributed by atoms with E-state index in [1.807, 2.05) is 12.1 Å². The molecule has 0 radical (unpaired) electrons. The summed E-state index contributed by atoms with van der Waals surface area (Å²) in [6.07, 6.45) is 0. The van der Waals surface area contributed by atoms with E-state index in [0.717, 1.165) is 16.8 Å². The van der Waals surface area contributed by atoms with Crippen molar-refractivity contribution in [2.75, 3.05) is 13.7 Å². The summed E-state index contributed by atoms with van der Waals surface area (Å²) in [6.45, 7) is 5.14. The zero-order chi connectivity index (χ0) is 14.5. The molecule has 106 valence electrons. The molecule has 2 nitrogen and oxygen atoms in total. The number of ether oxygens (including phenoxy) is 1. The minimum Gasteiger partial charge on any atom is -0.497 e. The van der Waals surface area contributed by atoms with Crippen molar-refractivity contribution in [2.45, 2.75) is 19.9 Å². The number of aryl methyl sites for hydroxylation is 1. The van der Waals surface area contributed by atoms with E-state index in [2.05, 4.69) is 65.4 Å². The highest BCUT2D eigenvalue weighted by Crippen LogP contribution is 2.31. The Labute approximate surface area is 129 Å². The molecule has 0 saturated heterocycles. The van der Waals surface area contributed by atoms with Crippen LogP contribution in [0.1, 0.15) is 29.7 Å². The second-order valence-electron chi connectivity index (χ2n) is 4.79. The van der Waals surface area contributed by atoms with Gasteiger partial charge in [0.1, 0.15) is 5.75 Å². The van der Waals surface area contributed by atoms with Gasteiger partial charge in [0, 0.05) is 4.47 Å². The normalized spacial score (nSPS) is 12.2. The first-order valence-electron chi connectivity index (χ1n) is 6.79. The van der Waals surface area contributed by atoms with Gasteiger partial charge in [-0.05, 0) is 42.8 Å². The fraction of sp³-hybridized carbons (Fsp3) is 0.294. The maximum Gasteiger partial charge on any atom is 0.119 e. The summed E-state index contributed by atoms with van der Waals surface area (Å²) in [5.41, 5.74) is 3.71. The van der Waals surface area contributed by atoms with E-state index in [4.69, 9.17) is 4.74 Å². The third kappa shape index (κ3) is 3.41. The van der Waals surface area contributed by atoms with E-state index in [1.165, 1.54) is 16.7 Å². The van der Waals surface area contributed by atoms with Gasteiger partial charge >= 0.3 is 0 Å². The molecule has 0 aliphatic carbocycles. The molecule has 0 bridgehead atoms. The van der Waals surface area contributed by atoms with E-state index in [9.17, 15) is 0 Å². The Morgan fingerprint density at radius 3 is 2.70 bits per heavy atom. The first-order valence-corrected chi connectivity index (χ1v) is 7.58. The fourth-order valence-electron chi connectivity index (χ4n) is 2.32. The van der Waals surface area contributed by atoms with Gasteiger partial charge in [-0.1, -0.05) is 52.7 Å². The van der Waals surface area contributed by atoms with Crippen LogP contribution < -0.4 is 10.1 Å². The molecule has 2 rings (SSSR count). The standard InChI is InChI=1S/C17H20BrNO/c1-4-19-17(13-6-5-7-14(11-13)20-3)15-10-12(2)8-9-16(15)18/h5-11,17,19H,4H2,1-3H3. The summed E-state index contributed by atoms with van der Waals surface area (Å²) in [5, 5.41) is 3.55. The van der Waals surface area contributed by atoms with Crippen LogP contribution in [-0.4, -0.2) is 13.7 Å². The average molecular weight is 334 g/mol. The molecule has 1 N–H and O–H groups in total. The zero-order valence-electron chi connectivity index (χ0n) is 12.1. The molecule has 0 fully saturated rings. The molecule has 0 amide bonds. The van der Waals surface area contributed by atoms with Crippen molar-refractivity contribution in [2.24, 2.45) is 0 Å². The van der Waals surface area contributed by atoms with Crippen molar-refractivity contribution in [3.8, 4) is 5.75 Å². The molecular weight excluding hydrogens is 314 g/mol. The number of halogens is 1. The first-order chi connectivity index (χ1) is 9.65. The number of benzene rings is 2. The molecular formula is C17H20BrNO. The van der Waals surface area contributed by atoms with Crippen LogP contribution in [0.5, 0.6) is 5.75 Å². The van der Waals surface area contributed by atoms with Gasteiger partial charge in [-0.25, -0.2) is 0 Å². The van der Waals surface area contributed by atoms with Crippen LogP contribution in [0.3, 0.4) is 0 Å². The second-order valence-corrected chi connectivity index (χ2v) is 5.65. The molecule has 0 heterocycles. The van der Waals surface area contributed by atoms with E-state index in [-0.39, 0.29) is 6.04 Å². The second kappa shape index (κ2) is 6.91. The number of methoxy groups -OCH3 is 1. The highest BCUT2D eigenvalue weighted by molar-refractivity contribution is 9.10. The van der Waals surface area contributed by atoms with Gasteiger partial charge in [-0.2, -0.15) is 0 Å². The summed E-state index contributed by atoms with van der Waals surface area (Å²) in [5.74, 6) is 0.883. The van der Waals surface area contributed by atoms with Gasteiger partial charge in [0.25, 0.3) is 0 Å². The van der Waals surface area contributed by atoms with Crippen LogP contribution in [0.4, 0.5) is 0 Å². The molecule has 0 aromatic heterocycles. The summed E-state index contributed by atoms with van der Waals surface area (Å²) >= 11 is 3.66. The third-order valence-electron chi connectivity index (χ3n) is 3.30. The zero-order valence-corrected chi connectivity index (χ0v) is 13.7. The summed E-state index contributed by atoms with van der Waals surface area (Å²) in [7, 11) is 1.70. The van der Waals surface area contributed by atoms with Crippen LogP contribution in [-0.2, 0) is 0 Å². The Balaban J connectivity index is 2.46. The first kappa shape index (κ1) is 15.1. The van der Waals surface area contributed by atoms with Gasteiger partial charge in [-0.3, -0.25) is 0 Å². The molecule has 1 atom stereocenters. The van der Waals surface area contributed by atoms with Crippen molar-refractivity contribution < 1.29 is 4.74 Å². The number of hydrogen-bond acceptors (Lipinski definition) is 2. The number of hydrogen-bond donors (Lipinski definition) is 1. The SMILES string of the molecule is CCNC(c1cccc(OC)c1)c1cc(C)ccc1Br. The highest BCUT2D eigenvalue weighted by Gasteiger charge is 2.16. The molecule has 3 heteroatoms. The van der Waals surface area contributed by atoms with Gasteiger partial charge < -0.3 is 10.1 Å². The van der Waals surface area contributed by atoms with Crippen molar-refractivity contribution in [3.05, 3.63) is 63.6 Å². The maximum absolute atomic E-state index is 5.33. The lowest BCUT2D eigenvalue weighted by Crippen LogP contribution is -2.22. The monoisotopic (exact) mass is 333 g/mol. The number of rotatable bonds is 5. The lowest BCUT2D eigenvalue weighted by atomic mass is 9.97. The Morgan fingerprint density at radius 2 is 2.00 bits per heavy atom. The minimum atomic E-state index is 0.157. The minimum absolute atomic E-state index is 0.157. The predicted molar refractivity (Wildman–Crippen MR) is 87.4 cm³/mol. The third-order valence-corrected chi connectivity index (χ3v) is 4.02. The molecule has 2 aromatic carbocycles. The van der Waals surface area contributed by atoms with Gasteiger partial charge in [-0.15, -0.1) is 0 Å². The lowest BCUT2D eigenvalue weighted by molar-refractivity contribution is 0.413. The van der Waals surface area contributed by atoms with Crippen LogP contribution in [0.25, 0.3) is 0 Å².